The Balaban J connectivity index is 2.38. The molecule has 0 saturated carbocycles. The summed E-state index contributed by atoms with van der Waals surface area (Å²) < 4.78 is 0.873. The fourth-order valence-electron chi connectivity index (χ4n) is 1.49. The van der Waals surface area contributed by atoms with Crippen molar-refractivity contribution in [3.63, 3.8) is 0 Å². The highest BCUT2D eigenvalue weighted by atomic mass is 79.9. The molecule has 1 aromatic heterocycles. The molecule has 7 nitrogen and oxygen atoms in total. The number of aromatic nitrogens is 1. The Bertz CT molecular complexity index is 673. The number of carbonyl (C=O) groups is 1. The van der Waals surface area contributed by atoms with E-state index in [0.29, 0.717) is 5.69 Å². The van der Waals surface area contributed by atoms with E-state index in [1.54, 1.807) is 24.3 Å². The quantitative estimate of drug-likeness (QED) is 0.655. The number of halogens is 1. The predicted molar refractivity (Wildman–Crippen MR) is 75.3 cm³/mol. The number of aromatic carboxylic acids is 1. The molecule has 0 saturated heterocycles. The number of carboxylic acids is 1. The van der Waals surface area contributed by atoms with E-state index in [-0.39, 0.29) is 17.1 Å². The van der Waals surface area contributed by atoms with Crippen LogP contribution in [0.3, 0.4) is 0 Å². The van der Waals surface area contributed by atoms with Crippen molar-refractivity contribution in [1.82, 2.24) is 4.98 Å². The molecule has 2 N–H and O–H groups in total. The van der Waals surface area contributed by atoms with Crippen LogP contribution in [0.25, 0.3) is 0 Å². The Morgan fingerprint density at radius 2 is 2.00 bits per heavy atom. The second kappa shape index (κ2) is 5.66. The maximum absolute atomic E-state index is 11.1. The summed E-state index contributed by atoms with van der Waals surface area (Å²) in [4.78, 5) is 24.9. The number of hydrogen-bond donors (Lipinski definition) is 2. The summed E-state index contributed by atoms with van der Waals surface area (Å²) in [6.45, 7) is 0. The van der Waals surface area contributed by atoms with Crippen LogP contribution in [0.4, 0.5) is 17.2 Å². The van der Waals surface area contributed by atoms with Crippen LogP contribution >= 0.6 is 15.9 Å². The molecule has 0 aliphatic heterocycles. The number of nitro groups is 1. The summed E-state index contributed by atoms with van der Waals surface area (Å²) in [5.41, 5.74) is -0.0112. The lowest BCUT2D eigenvalue weighted by Crippen LogP contribution is -2.06. The Labute approximate surface area is 121 Å². The Hall–Kier alpha value is -2.48. The molecule has 8 heteroatoms. The minimum atomic E-state index is -1.29. The van der Waals surface area contributed by atoms with Crippen LogP contribution < -0.4 is 5.32 Å². The van der Waals surface area contributed by atoms with Gasteiger partial charge in [0.15, 0.2) is 0 Å². The zero-order valence-electron chi connectivity index (χ0n) is 9.91. The molecule has 2 rings (SSSR count). The Morgan fingerprint density at radius 1 is 1.35 bits per heavy atom. The molecule has 0 aliphatic carbocycles. The number of nitrogens with zero attached hydrogens (tertiary/aromatic N) is 2. The van der Waals surface area contributed by atoms with Gasteiger partial charge >= 0.3 is 5.97 Å². The van der Waals surface area contributed by atoms with Crippen molar-refractivity contribution in [1.29, 1.82) is 0 Å². The number of pyridine rings is 1. The first kappa shape index (κ1) is 13.9. The van der Waals surface area contributed by atoms with E-state index >= 15 is 0 Å². The number of carboxylic acid groups (broad SMARTS) is 1. The highest BCUT2D eigenvalue weighted by Gasteiger charge is 2.17. The molecule has 0 amide bonds. The molecule has 0 fully saturated rings. The molecule has 102 valence electrons. The highest BCUT2D eigenvalue weighted by Crippen LogP contribution is 2.23. The lowest BCUT2D eigenvalue weighted by atomic mass is 10.2. The van der Waals surface area contributed by atoms with E-state index in [1.807, 2.05) is 0 Å². The monoisotopic (exact) mass is 337 g/mol. The molecule has 0 bridgehead atoms. The minimum Gasteiger partial charge on any atom is -0.478 e. The maximum atomic E-state index is 11.1. The fraction of sp³-hybridized carbons (Fsp3) is 0. The maximum Gasteiger partial charge on any atom is 0.339 e. The first-order valence-electron chi connectivity index (χ1n) is 5.37. The van der Waals surface area contributed by atoms with Crippen molar-refractivity contribution in [2.45, 2.75) is 0 Å². The van der Waals surface area contributed by atoms with Gasteiger partial charge in [0.05, 0.1) is 4.92 Å². The van der Waals surface area contributed by atoms with Crippen LogP contribution in [-0.4, -0.2) is 21.0 Å². The molecule has 0 atom stereocenters. The van der Waals surface area contributed by atoms with Gasteiger partial charge in [-0.15, -0.1) is 0 Å². The summed E-state index contributed by atoms with van der Waals surface area (Å²) in [6.07, 6.45) is 1.01. The number of anilines is 2. The van der Waals surface area contributed by atoms with E-state index < -0.39 is 10.9 Å². The van der Waals surface area contributed by atoms with Crippen LogP contribution in [0.15, 0.2) is 41.0 Å². The summed E-state index contributed by atoms with van der Waals surface area (Å²) in [5, 5.41) is 22.5. The van der Waals surface area contributed by atoms with E-state index in [2.05, 4.69) is 26.2 Å². The SMILES string of the molecule is O=C(O)c1cc([N+](=O)[O-])cnc1Nc1ccc(Br)cc1. The third-order valence-corrected chi connectivity index (χ3v) is 2.95. The van der Waals surface area contributed by atoms with E-state index in [4.69, 9.17) is 5.11 Å². The molecule has 2 aromatic rings. The summed E-state index contributed by atoms with van der Waals surface area (Å²) in [7, 11) is 0. The van der Waals surface area contributed by atoms with Crippen LogP contribution in [0.1, 0.15) is 10.4 Å². The largest absolute Gasteiger partial charge is 0.478 e. The predicted octanol–water partition coefficient (Wildman–Crippen LogP) is 3.19. The van der Waals surface area contributed by atoms with Gasteiger partial charge in [0, 0.05) is 16.2 Å². The lowest BCUT2D eigenvalue weighted by molar-refractivity contribution is -0.385. The van der Waals surface area contributed by atoms with Crippen molar-refractivity contribution in [3.8, 4) is 0 Å². The van der Waals surface area contributed by atoms with Crippen molar-refractivity contribution in [2.75, 3.05) is 5.32 Å². The lowest BCUT2D eigenvalue weighted by Gasteiger charge is -2.08. The van der Waals surface area contributed by atoms with Gasteiger partial charge in [-0.25, -0.2) is 9.78 Å². The number of hydrogen-bond acceptors (Lipinski definition) is 5. The van der Waals surface area contributed by atoms with Gasteiger partial charge in [-0.2, -0.15) is 0 Å². The fourth-order valence-corrected chi connectivity index (χ4v) is 1.75. The van der Waals surface area contributed by atoms with Crippen molar-refractivity contribution in [3.05, 3.63) is 56.7 Å². The molecular formula is C12H8BrN3O4. The van der Waals surface area contributed by atoms with Crippen LogP contribution in [0, 0.1) is 10.1 Å². The Kier molecular flexibility index (Phi) is 3.94. The molecule has 20 heavy (non-hydrogen) atoms. The topological polar surface area (TPSA) is 105 Å². The second-order valence-corrected chi connectivity index (χ2v) is 4.70. The zero-order valence-corrected chi connectivity index (χ0v) is 11.5. The van der Waals surface area contributed by atoms with E-state index in [9.17, 15) is 14.9 Å². The van der Waals surface area contributed by atoms with Crippen LogP contribution in [-0.2, 0) is 0 Å². The van der Waals surface area contributed by atoms with Gasteiger partial charge in [0.25, 0.3) is 5.69 Å². The summed E-state index contributed by atoms with van der Waals surface area (Å²) in [5.74, 6) is -1.24. The molecule has 0 aliphatic rings. The number of rotatable bonds is 4. The molecular weight excluding hydrogens is 330 g/mol. The van der Waals surface area contributed by atoms with Gasteiger partial charge < -0.3 is 10.4 Å². The van der Waals surface area contributed by atoms with Crippen molar-refractivity contribution >= 4 is 39.1 Å². The number of nitrogens with one attached hydrogen (secondary N) is 1. The van der Waals surface area contributed by atoms with Gasteiger partial charge in [0.1, 0.15) is 17.6 Å². The average molecular weight is 338 g/mol. The molecule has 1 heterocycles. The molecule has 0 unspecified atom stereocenters. The Morgan fingerprint density at radius 3 is 2.55 bits per heavy atom. The van der Waals surface area contributed by atoms with Crippen LogP contribution in [0.2, 0.25) is 0 Å². The van der Waals surface area contributed by atoms with E-state index in [0.717, 1.165) is 16.7 Å². The van der Waals surface area contributed by atoms with Gasteiger partial charge in [-0.1, -0.05) is 15.9 Å². The first-order valence-corrected chi connectivity index (χ1v) is 6.17. The first-order chi connectivity index (χ1) is 9.47. The van der Waals surface area contributed by atoms with Gasteiger partial charge in [0.2, 0.25) is 0 Å². The normalized spacial score (nSPS) is 10.1. The van der Waals surface area contributed by atoms with Crippen molar-refractivity contribution < 1.29 is 14.8 Å². The van der Waals surface area contributed by atoms with Gasteiger partial charge in [-0.3, -0.25) is 10.1 Å². The summed E-state index contributed by atoms with van der Waals surface area (Å²) in [6, 6.07) is 7.95. The van der Waals surface area contributed by atoms with Crippen LogP contribution in [0.5, 0.6) is 0 Å². The van der Waals surface area contributed by atoms with Gasteiger partial charge in [-0.05, 0) is 24.3 Å². The highest BCUT2D eigenvalue weighted by molar-refractivity contribution is 9.10. The molecule has 0 spiro atoms. The summed E-state index contributed by atoms with van der Waals surface area (Å²) >= 11 is 3.28. The standard InChI is InChI=1S/C12H8BrN3O4/c13-7-1-3-8(4-2-7)15-11-10(12(17)18)5-9(6-14-11)16(19)20/h1-6H,(H,14,15)(H,17,18). The zero-order chi connectivity index (χ0) is 14.7. The third kappa shape index (κ3) is 3.09. The van der Waals surface area contributed by atoms with E-state index in [1.165, 1.54) is 0 Å². The minimum absolute atomic E-state index is 0.0467. The second-order valence-electron chi connectivity index (χ2n) is 3.78. The third-order valence-electron chi connectivity index (χ3n) is 2.42. The number of benzene rings is 1. The molecule has 0 radical (unpaired) electrons. The van der Waals surface area contributed by atoms with Crippen molar-refractivity contribution in [2.24, 2.45) is 0 Å². The molecule has 1 aromatic carbocycles. The average Bonchev–Trinajstić information content (AvgIpc) is 2.41. The smallest absolute Gasteiger partial charge is 0.339 e.